The molecule has 1 aliphatic rings. The van der Waals surface area contributed by atoms with Crippen molar-refractivity contribution in [1.29, 1.82) is 0 Å². The molecule has 144 valence electrons. The number of aromatic nitrogens is 1. The van der Waals surface area contributed by atoms with Crippen LogP contribution in [0.3, 0.4) is 0 Å². The van der Waals surface area contributed by atoms with Crippen molar-refractivity contribution in [3.8, 4) is 5.75 Å². The molecule has 28 heavy (non-hydrogen) atoms. The number of hydrogen-bond donors (Lipinski definition) is 1. The number of fused-ring (bicyclic) bond motifs is 1. The molecular formula is C20H20N4O3S. The number of carbonyl (C=O) groups is 1. The number of furan rings is 1. The van der Waals surface area contributed by atoms with Gasteiger partial charge in [-0.25, -0.2) is 9.99 Å². The van der Waals surface area contributed by atoms with Crippen molar-refractivity contribution in [2.24, 2.45) is 0 Å². The Morgan fingerprint density at radius 1 is 1.25 bits per heavy atom. The fourth-order valence-corrected chi connectivity index (χ4v) is 3.52. The van der Waals surface area contributed by atoms with E-state index < -0.39 is 0 Å². The van der Waals surface area contributed by atoms with Crippen molar-refractivity contribution in [1.82, 2.24) is 20.3 Å². The van der Waals surface area contributed by atoms with Gasteiger partial charge in [-0.1, -0.05) is 12.1 Å². The minimum Gasteiger partial charge on any atom is -0.496 e. The molecule has 8 heteroatoms. The molecule has 2 aromatic heterocycles. The van der Waals surface area contributed by atoms with Crippen molar-refractivity contribution in [3.63, 3.8) is 0 Å². The molecule has 1 aliphatic heterocycles. The highest BCUT2D eigenvalue weighted by atomic mass is 32.1. The van der Waals surface area contributed by atoms with Crippen molar-refractivity contribution in [3.05, 3.63) is 60.2 Å². The van der Waals surface area contributed by atoms with Gasteiger partial charge in [-0.3, -0.25) is 9.80 Å². The van der Waals surface area contributed by atoms with Gasteiger partial charge in [0.05, 0.1) is 25.4 Å². The van der Waals surface area contributed by atoms with Gasteiger partial charge in [0.2, 0.25) is 0 Å². The van der Waals surface area contributed by atoms with E-state index in [1.807, 2.05) is 36.4 Å². The van der Waals surface area contributed by atoms with Crippen molar-refractivity contribution < 1.29 is 13.9 Å². The molecule has 1 saturated heterocycles. The second kappa shape index (κ2) is 7.85. The number of nitrogens with one attached hydrogen (secondary N) is 1. The maximum atomic E-state index is 13.2. The van der Waals surface area contributed by atoms with Crippen LogP contribution in [0, 0.1) is 0 Å². The maximum absolute atomic E-state index is 13.2. The van der Waals surface area contributed by atoms with Gasteiger partial charge in [0.1, 0.15) is 17.2 Å². The van der Waals surface area contributed by atoms with Gasteiger partial charge >= 0.3 is 0 Å². The summed E-state index contributed by atoms with van der Waals surface area (Å²) in [6.45, 7) is 1.71. The van der Waals surface area contributed by atoms with Crippen LogP contribution in [0.5, 0.6) is 5.75 Å². The summed E-state index contributed by atoms with van der Waals surface area (Å²) in [4.78, 5) is 17.7. The summed E-state index contributed by atoms with van der Waals surface area (Å²) >= 11 is 5.49. The zero-order valence-corrected chi connectivity index (χ0v) is 16.2. The molecule has 3 aromatic rings. The van der Waals surface area contributed by atoms with Gasteiger partial charge in [0.25, 0.3) is 5.91 Å². The third-order valence-electron chi connectivity index (χ3n) is 4.61. The predicted molar refractivity (Wildman–Crippen MR) is 109 cm³/mol. The Morgan fingerprint density at radius 3 is 2.86 bits per heavy atom. The molecule has 0 bridgehead atoms. The van der Waals surface area contributed by atoms with Crippen molar-refractivity contribution in [2.45, 2.75) is 13.0 Å². The highest BCUT2D eigenvalue weighted by Crippen LogP contribution is 2.26. The van der Waals surface area contributed by atoms with Gasteiger partial charge in [-0.05, 0) is 42.9 Å². The van der Waals surface area contributed by atoms with E-state index in [0.29, 0.717) is 36.2 Å². The van der Waals surface area contributed by atoms with Gasteiger partial charge in [-0.15, -0.1) is 0 Å². The van der Waals surface area contributed by atoms with Crippen LogP contribution in [0.25, 0.3) is 10.9 Å². The molecule has 1 fully saturated rings. The zero-order valence-electron chi connectivity index (χ0n) is 15.4. The van der Waals surface area contributed by atoms with Crippen LogP contribution in [-0.2, 0) is 6.54 Å². The molecule has 1 N–H and O–H groups in total. The first-order chi connectivity index (χ1) is 13.7. The zero-order chi connectivity index (χ0) is 19.5. The number of methoxy groups -OCH3 is 1. The summed E-state index contributed by atoms with van der Waals surface area (Å²) in [5, 5.41) is 7.91. The van der Waals surface area contributed by atoms with Gasteiger partial charge in [-0.2, -0.15) is 0 Å². The number of benzene rings is 1. The summed E-state index contributed by atoms with van der Waals surface area (Å²) in [6, 6.07) is 13.0. The number of hydrogen-bond acceptors (Lipinski definition) is 5. The third-order valence-corrected chi connectivity index (χ3v) is 4.97. The maximum Gasteiger partial charge on any atom is 0.291 e. The summed E-state index contributed by atoms with van der Waals surface area (Å²) in [5.74, 6) is 1.20. The van der Waals surface area contributed by atoms with Crippen LogP contribution < -0.4 is 10.1 Å². The average Bonchev–Trinajstić information content (AvgIpc) is 3.42. The van der Waals surface area contributed by atoms with Crippen LogP contribution >= 0.6 is 12.2 Å². The lowest BCUT2D eigenvalue weighted by atomic mass is 10.1. The van der Waals surface area contributed by atoms with Crippen LogP contribution in [0.2, 0.25) is 0 Å². The monoisotopic (exact) mass is 396 g/mol. The van der Waals surface area contributed by atoms with Gasteiger partial charge in [0.15, 0.2) is 5.11 Å². The summed E-state index contributed by atoms with van der Waals surface area (Å²) < 4.78 is 10.8. The normalized spacial score (nSPS) is 13.8. The second-order valence-corrected chi connectivity index (χ2v) is 6.76. The number of para-hydroxylation sites is 1. The van der Waals surface area contributed by atoms with E-state index in [1.54, 1.807) is 29.5 Å². The largest absolute Gasteiger partial charge is 0.496 e. The van der Waals surface area contributed by atoms with Crippen LogP contribution in [-0.4, -0.2) is 46.2 Å². The topological polar surface area (TPSA) is 70.8 Å². The minimum absolute atomic E-state index is 0.205. The standard InChI is InChI=1S/C20H20N4O3S/c1-26-18-12-17(22-16-8-3-2-7-15(16)18)19(25)23-9-5-10-24(23)20(28)21-13-14-6-4-11-27-14/h2-4,6-8,11-12H,5,9-10,13H2,1H3,(H,21,28). The van der Waals surface area contributed by atoms with E-state index in [0.717, 1.165) is 23.1 Å². The Morgan fingerprint density at radius 2 is 2.07 bits per heavy atom. The third kappa shape index (κ3) is 3.50. The molecule has 7 nitrogen and oxygen atoms in total. The number of pyridine rings is 1. The van der Waals surface area contributed by atoms with Crippen LogP contribution in [0.1, 0.15) is 22.7 Å². The predicted octanol–water partition coefficient (Wildman–Crippen LogP) is 2.97. The lowest BCUT2D eigenvalue weighted by Crippen LogP contribution is -2.49. The number of hydrazine groups is 1. The lowest BCUT2D eigenvalue weighted by molar-refractivity contribution is 0.0485. The number of nitrogens with zero attached hydrogens (tertiary/aromatic N) is 3. The smallest absolute Gasteiger partial charge is 0.291 e. The molecule has 0 saturated carbocycles. The number of carbonyl (C=O) groups excluding carboxylic acids is 1. The van der Waals surface area contributed by atoms with Crippen molar-refractivity contribution in [2.75, 3.05) is 20.2 Å². The Hall–Kier alpha value is -3.13. The first kappa shape index (κ1) is 18.2. The lowest BCUT2D eigenvalue weighted by Gasteiger charge is -2.30. The van der Waals surface area contributed by atoms with Gasteiger partial charge in [0, 0.05) is 24.5 Å². The Labute approximate surface area is 167 Å². The van der Waals surface area contributed by atoms with Crippen molar-refractivity contribution >= 4 is 34.1 Å². The second-order valence-electron chi connectivity index (χ2n) is 6.37. The van der Waals surface area contributed by atoms with E-state index in [2.05, 4.69) is 10.3 Å². The molecule has 0 unspecified atom stereocenters. The first-order valence-electron chi connectivity index (χ1n) is 9.00. The Bertz CT molecular complexity index is 1010. The fourth-order valence-electron chi connectivity index (χ4n) is 3.26. The number of amides is 1. The molecule has 0 atom stereocenters. The highest BCUT2D eigenvalue weighted by Gasteiger charge is 2.30. The summed E-state index contributed by atoms with van der Waals surface area (Å²) in [7, 11) is 1.59. The van der Waals surface area contributed by atoms with E-state index in [1.165, 1.54) is 0 Å². The first-order valence-corrected chi connectivity index (χ1v) is 9.41. The molecule has 4 rings (SSSR count). The highest BCUT2D eigenvalue weighted by molar-refractivity contribution is 7.80. The Kier molecular flexibility index (Phi) is 5.12. The molecular weight excluding hydrogens is 376 g/mol. The van der Waals surface area contributed by atoms with E-state index in [9.17, 15) is 4.79 Å². The molecule has 0 radical (unpaired) electrons. The van der Waals surface area contributed by atoms with Crippen LogP contribution in [0.4, 0.5) is 0 Å². The van der Waals surface area contributed by atoms with Gasteiger partial charge < -0.3 is 14.5 Å². The fraction of sp³-hybridized carbons (Fsp3) is 0.250. The number of rotatable bonds is 4. The molecule has 1 amide bonds. The molecule has 3 heterocycles. The Balaban J connectivity index is 1.54. The molecule has 1 aromatic carbocycles. The average molecular weight is 396 g/mol. The number of thiocarbonyl (C=S) groups is 1. The quantitative estimate of drug-likeness (QED) is 0.680. The number of ether oxygens (including phenoxy) is 1. The molecule has 0 aliphatic carbocycles. The summed E-state index contributed by atoms with van der Waals surface area (Å²) in [5.41, 5.74) is 1.05. The van der Waals surface area contributed by atoms with E-state index in [4.69, 9.17) is 21.4 Å². The van der Waals surface area contributed by atoms with Crippen LogP contribution in [0.15, 0.2) is 53.1 Å². The summed E-state index contributed by atoms with van der Waals surface area (Å²) in [6.07, 6.45) is 2.45. The van der Waals surface area contributed by atoms with E-state index in [-0.39, 0.29) is 5.91 Å². The minimum atomic E-state index is -0.205. The SMILES string of the molecule is COc1cc(C(=O)N2CCCN2C(=S)NCc2ccco2)nc2ccccc12. The molecule has 0 spiro atoms. The van der Waals surface area contributed by atoms with E-state index >= 15 is 0 Å².